The number of piperidine rings is 1. The Morgan fingerprint density at radius 1 is 1.04 bits per heavy atom. The average Bonchev–Trinajstić information content (AvgIpc) is 3.22. The van der Waals surface area contributed by atoms with Gasteiger partial charge in [0.1, 0.15) is 28.4 Å². The number of ether oxygens (including phenoxy) is 1. The van der Waals surface area contributed by atoms with Gasteiger partial charge in [0.2, 0.25) is 0 Å². The highest BCUT2D eigenvalue weighted by Gasteiger charge is 2.25. The number of carbonyl (C=O) groups excluding carboxylic acids is 1. The van der Waals surface area contributed by atoms with Crippen LogP contribution in [-0.2, 0) is 0 Å². The molecule has 0 unspecified atom stereocenters. The predicted molar refractivity (Wildman–Crippen MR) is 109 cm³/mol. The summed E-state index contributed by atoms with van der Waals surface area (Å²) in [7, 11) is 0. The lowest BCUT2D eigenvalue weighted by atomic mass is 10.1. The average molecular weight is 390 g/mol. The first-order valence-corrected chi connectivity index (χ1v) is 10.0. The summed E-state index contributed by atoms with van der Waals surface area (Å²) in [4.78, 5) is 19.2. The maximum atomic E-state index is 12.8. The van der Waals surface area contributed by atoms with E-state index in [0.717, 1.165) is 52.3 Å². The van der Waals surface area contributed by atoms with Gasteiger partial charge in [-0.1, -0.05) is 18.2 Å². The zero-order valence-corrected chi connectivity index (χ0v) is 15.9. The summed E-state index contributed by atoms with van der Waals surface area (Å²) >= 11 is 1.16. The number of rotatable bonds is 3. The number of nitrogens with zero attached hydrogens (tertiary/aromatic N) is 4. The van der Waals surface area contributed by atoms with Crippen molar-refractivity contribution in [3.05, 3.63) is 60.3 Å². The Morgan fingerprint density at radius 3 is 2.75 bits per heavy atom. The molecule has 3 heterocycles. The number of aromatic nitrogens is 3. The largest absolute Gasteiger partial charge is 0.488 e. The highest BCUT2D eigenvalue weighted by Crippen LogP contribution is 2.27. The Morgan fingerprint density at radius 2 is 1.86 bits per heavy atom. The fraction of sp³-hybridized carbons (Fsp3) is 0.238. The van der Waals surface area contributed by atoms with E-state index in [4.69, 9.17) is 4.74 Å². The second-order valence-corrected chi connectivity index (χ2v) is 7.44. The van der Waals surface area contributed by atoms with Crippen molar-refractivity contribution >= 4 is 39.6 Å². The van der Waals surface area contributed by atoms with Crippen LogP contribution in [0.3, 0.4) is 0 Å². The number of likely N-dealkylation sites (tertiary alicyclic amines) is 1. The number of amides is 1. The normalized spacial score (nSPS) is 15.2. The SMILES string of the molecule is O=C(c1ccc2nsnc2c1)N1CCC(Oc2cccc3cccnc23)CC1. The number of carbonyl (C=O) groups is 1. The van der Waals surface area contributed by atoms with Crippen LogP contribution in [0.1, 0.15) is 23.2 Å². The second-order valence-electron chi connectivity index (χ2n) is 6.91. The van der Waals surface area contributed by atoms with Gasteiger partial charge in [-0.25, -0.2) is 0 Å². The number of benzene rings is 2. The van der Waals surface area contributed by atoms with Crippen LogP contribution in [0.15, 0.2) is 54.7 Å². The van der Waals surface area contributed by atoms with E-state index in [1.54, 1.807) is 6.20 Å². The fourth-order valence-electron chi connectivity index (χ4n) is 3.63. The van der Waals surface area contributed by atoms with Gasteiger partial charge in [-0.05, 0) is 30.3 Å². The lowest BCUT2D eigenvalue weighted by Gasteiger charge is -2.32. The van der Waals surface area contributed by atoms with Crippen molar-refractivity contribution in [3.8, 4) is 5.75 Å². The minimum atomic E-state index is 0.0418. The summed E-state index contributed by atoms with van der Waals surface area (Å²) < 4.78 is 14.6. The topological polar surface area (TPSA) is 68.2 Å². The van der Waals surface area contributed by atoms with Crippen molar-refractivity contribution < 1.29 is 9.53 Å². The van der Waals surface area contributed by atoms with E-state index in [1.807, 2.05) is 53.4 Å². The monoisotopic (exact) mass is 390 g/mol. The number of hydrogen-bond donors (Lipinski definition) is 0. The van der Waals surface area contributed by atoms with E-state index >= 15 is 0 Å². The molecule has 0 atom stereocenters. The summed E-state index contributed by atoms with van der Waals surface area (Å²) in [5.74, 6) is 0.851. The Balaban J connectivity index is 1.26. The van der Waals surface area contributed by atoms with Crippen LogP contribution in [-0.4, -0.2) is 43.7 Å². The molecule has 5 rings (SSSR count). The van der Waals surface area contributed by atoms with Crippen molar-refractivity contribution in [1.29, 1.82) is 0 Å². The van der Waals surface area contributed by atoms with E-state index in [9.17, 15) is 4.79 Å². The van der Waals surface area contributed by atoms with Gasteiger partial charge in [0, 0.05) is 43.1 Å². The molecule has 2 aromatic heterocycles. The number of hydrogen-bond acceptors (Lipinski definition) is 6. The quantitative estimate of drug-likeness (QED) is 0.530. The zero-order chi connectivity index (χ0) is 18.9. The van der Waals surface area contributed by atoms with E-state index in [-0.39, 0.29) is 12.0 Å². The smallest absolute Gasteiger partial charge is 0.253 e. The van der Waals surface area contributed by atoms with Crippen LogP contribution in [0.5, 0.6) is 5.75 Å². The van der Waals surface area contributed by atoms with Gasteiger partial charge in [0.15, 0.2) is 0 Å². The summed E-state index contributed by atoms with van der Waals surface area (Å²) in [6.45, 7) is 1.35. The van der Waals surface area contributed by atoms with Gasteiger partial charge >= 0.3 is 0 Å². The maximum absolute atomic E-state index is 12.8. The van der Waals surface area contributed by atoms with Crippen LogP contribution < -0.4 is 4.74 Å². The molecule has 0 N–H and O–H groups in total. The van der Waals surface area contributed by atoms with Crippen LogP contribution in [0, 0.1) is 0 Å². The van der Waals surface area contributed by atoms with Crippen LogP contribution in [0.25, 0.3) is 21.9 Å². The molecule has 7 heteroatoms. The van der Waals surface area contributed by atoms with Gasteiger partial charge in [-0.2, -0.15) is 8.75 Å². The molecule has 0 radical (unpaired) electrons. The van der Waals surface area contributed by atoms with E-state index in [1.165, 1.54) is 0 Å². The highest BCUT2D eigenvalue weighted by atomic mass is 32.1. The fourth-order valence-corrected chi connectivity index (χ4v) is 4.14. The molecule has 1 aliphatic heterocycles. The third-order valence-electron chi connectivity index (χ3n) is 5.12. The Labute approximate surface area is 166 Å². The molecule has 1 saturated heterocycles. The van der Waals surface area contributed by atoms with E-state index in [0.29, 0.717) is 18.7 Å². The van der Waals surface area contributed by atoms with Crippen molar-refractivity contribution in [2.24, 2.45) is 0 Å². The molecule has 0 saturated carbocycles. The van der Waals surface area contributed by atoms with Crippen LogP contribution >= 0.6 is 11.7 Å². The van der Waals surface area contributed by atoms with Gasteiger partial charge in [-0.15, -0.1) is 0 Å². The number of para-hydroxylation sites is 1. The molecule has 4 aromatic rings. The molecule has 1 aliphatic rings. The third-order valence-corrected chi connectivity index (χ3v) is 5.68. The predicted octanol–water partition coefficient (Wildman–Crippen LogP) is 3.92. The van der Waals surface area contributed by atoms with Crippen molar-refractivity contribution in [1.82, 2.24) is 18.6 Å². The second kappa shape index (κ2) is 7.16. The molecule has 140 valence electrons. The molecule has 1 amide bonds. The Bertz CT molecular complexity index is 1150. The highest BCUT2D eigenvalue weighted by molar-refractivity contribution is 7.00. The van der Waals surface area contributed by atoms with Gasteiger partial charge in [0.05, 0.1) is 11.7 Å². The molecule has 6 nitrogen and oxygen atoms in total. The molecule has 0 bridgehead atoms. The molecule has 0 spiro atoms. The molecule has 28 heavy (non-hydrogen) atoms. The molecule has 2 aromatic carbocycles. The molecule has 0 aliphatic carbocycles. The summed E-state index contributed by atoms with van der Waals surface area (Å²) in [6, 6.07) is 15.5. The molecular weight excluding hydrogens is 372 g/mol. The van der Waals surface area contributed by atoms with Gasteiger partial charge in [0.25, 0.3) is 5.91 Å². The molecule has 1 fully saturated rings. The summed E-state index contributed by atoms with van der Waals surface area (Å²) in [5.41, 5.74) is 3.15. The van der Waals surface area contributed by atoms with Crippen molar-refractivity contribution in [2.45, 2.75) is 18.9 Å². The molecular formula is C21H18N4O2S. The van der Waals surface area contributed by atoms with E-state index in [2.05, 4.69) is 13.7 Å². The van der Waals surface area contributed by atoms with Crippen LogP contribution in [0.2, 0.25) is 0 Å². The van der Waals surface area contributed by atoms with Gasteiger partial charge in [-0.3, -0.25) is 9.78 Å². The first-order valence-electron chi connectivity index (χ1n) is 9.30. The lowest BCUT2D eigenvalue weighted by molar-refractivity contribution is 0.0598. The first-order chi connectivity index (χ1) is 13.8. The number of fused-ring (bicyclic) bond motifs is 2. The van der Waals surface area contributed by atoms with Crippen molar-refractivity contribution in [3.63, 3.8) is 0 Å². The standard InChI is InChI=1S/C21H18N4O2S/c26-21(15-6-7-17-18(13-15)24-28-23-17)25-11-8-16(9-12-25)27-19-5-1-3-14-4-2-10-22-20(14)19/h1-7,10,13,16H,8-9,11-12H2. The third kappa shape index (κ3) is 3.18. The Hall–Kier alpha value is -3.06. The summed E-state index contributed by atoms with van der Waals surface area (Å²) in [5, 5.41) is 1.07. The van der Waals surface area contributed by atoms with Gasteiger partial charge < -0.3 is 9.64 Å². The van der Waals surface area contributed by atoms with E-state index < -0.39 is 0 Å². The first kappa shape index (κ1) is 17.1. The number of pyridine rings is 1. The minimum absolute atomic E-state index is 0.0418. The van der Waals surface area contributed by atoms with Crippen molar-refractivity contribution in [2.75, 3.05) is 13.1 Å². The maximum Gasteiger partial charge on any atom is 0.253 e. The minimum Gasteiger partial charge on any atom is -0.488 e. The van der Waals surface area contributed by atoms with Crippen LogP contribution in [0.4, 0.5) is 0 Å². The zero-order valence-electron chi connectivity index (χ0n) is 15.1. The Kier molecular flexibility index (Phi) is 4.37. The lowest BCUT2D eigenvalue weighted by Crippen LogP contribution is -2.41. The summed E-state index contributed by atoms with van der Waals surface area (Å²) in [6.07, 6.45) is 3.47.